The van der Waals surface area contributed by atoms with Crippen LogP contribution in [-0.2, 0) is 16.4 Å². The third-order valence-corrected chi connectivity index (χ3v) is 5.67. The molecule has 5 nitrogen and oxygen atoms in total. The monoisotopic (exact) mass is 297 g/mol. The van der Waals surface area contributed by atoms with Gasteiger partial charge in [0, 0.05) is 32.2 Å². The van der Waals surface area contributed by atoms with Gasteiger partial charge in [0.15, 0.2) is 0 Å². The Morgan fingerprint density at radius 3 is 2.60 bits per heavy atom. The molecule has 1 fully saturated rings. The SMILES string of the molecule is CN1CCN(S(=O)(=O)CCc2ccccc2)C(CN)C1. The topological polar surface area (TPSA) is 66.6 Å². The maximum absolute atomic E-state index is 12.5. The summed E-state index contributed by atoms with van der Waals surface area (Å²) in [6.45, 7) is 2.38. The van der Waals surface area contributed by atoms with Crippen molar-refractivity contribution in [1.29, 1.82) is 0 Å². The molecule has 0 amide bonds. The second-order valence-electron chi connectivity index (χ2n) is 5.31. The number of nitrogens with two attached hydrogens (primary N) is 1. The maximum Gasteiger partial charge on any atom is 0.214 e. The molecule has 112 valence electrons. The minimum atomic E-state index is -3.24. The minimum Gasteiger partial charge on any atom is -0.329 e. The first kappa shape index (κ1) is 15.4. The van der Waals surface area contributed by atoms with Gasteiger partial charge in [0.1, 0.15) is 0 Å². The van der Waals surface area contributed by atoms with Crippen LogP contribution in [0.3, 0.4) is 0 Å². The van der Waals surface area contributed by atoms with Gasteiger partial charge >= 0.3 is 0 Å². The Bertz CT molecular complexity index is 518. The second kappa shape index (κ2) is 6.67. The number of nitrogens with zero attached hydrogens (tertiary/aromatic N) is 2. The quantitative estimate of drug-likeness (QED) is 0.839. The molecule has 6 heteroatoms. The maximum atomic E-state index is 12.5. The molecule has 0 radical (unpaired) electrons. The lowest BCUT2D eigenvalue weighted by atomic mass is 10.2. The highest BCUT2D eigenvalue weighted by atomic mass is 32.2. The van der Waals surface area contributed by atoms with Gasteiger partial charge in [-0.1, -0.05) is 30.3 Å². The van der Waals surface area contributed by atoms with E-state index in [1.807, 2.05) is 37.4 Å². The van der Waals surface area contributed by atoms with Crippen molar-refractivity contribution in [3.05, 3.63) is 35.9 Å². The molecule has 0 spiro atoms. The first-order valence-corrected chi connectivity index (χ1v) is 8.56. The van der Waals surface area contributed by atoms with Crippen LogP contribution in [0.5, 0.6) is 0 Å². The fourth-order valence-electron chi connectivity index (χ4n) is 2.56. The fourth-order valence-corrected chi connectivity index (χ4v) is 4.26. The molecule has 1 aliphatic rings. The van der Waals surface area contributed by atoms with Gasteiger partial charge in [-0.25, -0.2) is 8.42 Å². The molecule has 0 bridgehead atoms. The van der Waals surface area contributed by atoms with Gasteiger partial charge < -0.3 is 10.6 Å². The molecular formula is C14H23N3O2S. The number of hydrogen-bond donors (Lipinski definition) is 1. The van der Waals surface area contributed by atoms with Crippen LogP contribution >= 0.6 is 0 Å². The number of likely N-dealkylation sites (N-methyl/N-ethyl adjacent to an activating group) is 1. The molecule has 1 aliphatic heterocycles. The van der Waals surface area contributed by atoms with Crippen LogP contribution in [0.15, 0.2) is 30.3 Å². The standard InChI is InChI=1S/C14H23N3O2S/c1-16-8-9-17(14(11-15)12-16)20(18,19)10-7-13-5-3-2-4-6-13/h2-6,14H,7-12,15H2,1H3. The average Bonchev–Trinajstić information content (AvgIpc) is 2.46. The molecule has 1 saturated heterocycles. The number of aryl methyl sites for hydroxylation is 1. The third-order valence-electron chi connectivity index (χ3n) is 3.75. The Labute approximate surface area is 121 Å². The van der Waals surface area contributed by atoms with Crippen molar-refractivity contribution in [3.63, 3.8) is 0 Å². The van der Waals surface area contributed by atoms with Crippen molar-refractivity contribution in [3.8, 4) is 0 Å². The van der Waals surface area contributed by atoms with Gasteiger partial charge in [-0.05, 0) is 19.0 Å². The van der Waals surface area contributed by atoms with E-state index in [1.54, 1.807) is 4.31 Å². The second-order valence-corrected chi connectivity index (χ2v) is 7.36. The van der Waals surface area contributed by atoms with E-state index in [9.17, 15) is 8.42 Å². The Hall–Kier alpha value is -0.950. The molecule has 2 rings (SSSR count). The van der Waals surface area contributed by atoms with E-state index in [2.05, 4.69) is 4.90 Å². The van der Waals surface area contributed by atoms with E-state index in [1.165, 1.54) is 0 Å². The molecule has 1 unspecified atom stereocenters. The highest BCUT2D eigenvalue weighted by Crippen LogP contribution is 2.14. The van der Waals surface area contributed by atoms with E-state index >= 15 is 0 Å². The molecular weight excluding hydrogens is 274 g/mol. The number of piperazine rings is 1. The lowest BCUT2D eigenvalue weighted by molar-refractivity contribution is 0.164. The number of sulfonamides is 1. The first-order valence-electron chi connectivity index (χ1n) is 6.95. The summed E-state index contributed by atoms with van der Waals surface area (Å²) in [5.41, 5.74) is 6.78. The van der Waals surface area contributed by atoms with Crippen molar-refractivity contribution in [1.82, 2.24) is 9.21 Å². The molecule has 20 heavy (non-hydrogen) atoms. The Morgan fingerprint density at radius 2 is 1.95 bits per heavy atom. The zero-order valence-electron chi connectivity index (χ0n) is 11.9. The van der Waals surface area contributed by atoms with Gasteiger partial charge in [-0.3, -0.25) is 0 Å². The van der Waals surface area contributed by atoms with E-state index in [0.29, 0.717) is 26.1 Å². The van der Waals surface area contributed by atoms with Crippen LogP contribution in [0.4, 0.5) is 0 Å². The molecule has 0 aromatic heterocycles. The lowest BCUT2D eigenvalue weighted by Crippen LogP contribution is -2.57. The summed E-state index contributed by atoms with van der Waals surface area (Å²) in [6, 6.07) is 9.61. The van der Waals surface area contributed by atoms with E-state index in [0.717, 1.165) is 12.1 Å². The van der Waals surface area contributed by atoms with E-state index in [-0.39, 0.29) is 11.8 Å². The molecule has 0 aliphatic carbocycles. The summed E-state index contributed by atoms with van der Waals surface area (Å²) in [5.74, 6) is 0.150. The van der Waals surface area contributed by atoms with Crippen LogP contribution in [0.2, 0.25) is 0 Å². The lowest BCUT2D eigenvalue weighted by Gasteiger charge is -2.38. The summed E-state index contributed by atoms with van der Waals surface area (Å²) < 4.78 is 26.6. The zero-order valence-corrected chi connectivity index (χ0v) is 12.7. The van der Waals surface area contributed by atoms with Crippen LogP contribution in [0.25, 0.3) is 0 Å². The van der Waals surface area contributed by atoms with Gasteiger partial charge in [-0.15, -0.1) is 0 Å². The van der Waals surface area contributed by atoms with E-state index in [4.69, 9.17) is 5.73 Å². The predicted molar refractivity (Wildman–Crippen MR) is 81.0 cm³/mol. The van der Waals surface area contributed by atoms with Crippen molar-refractivity contribution < 1.29 is 8.42 Å². The molecule has 1 atom stereocenters. The minimum absolute atomic E-state index is 0.102. The first-order chi connectivity index (χ1) is 9.53. The zero-order chi connectivity index (χ0) is 14.6. The summed E-state index contributed by atoms with van der Waals surface area (Å²) in [4.78, 5) is 2.13. The van der Waals surface area contributed by atoms with Crippen molar-refractivity contribution >= 4 is 10.0 Å². The fraction of sp³-hybridized carbons (Fsp3) is 0.571. The summed E-state index contributed by atoms with van der Waals surface area (Å²) in [6.07, 6.45) is 0.548. The molecule has 0 saturated carbocycles. The Balaban J connectivity index is 2.02. The van der Waals surface area contributed by atoms with Crippen LogP contribution in [-0.4, -0.2) is 62.6 Å². The van der Waals surface area contributed by atoms with Gasteiger partial charge in [0.05, 0.1) is 5.75 Å². The van der Waals surface area contributed by atoms with Gasteiger partial charge in [-0.2, -0.15) is 4.31 Å². The van der Waals surface area contributed by atoms with Crippen molar-refractivity contribution in [2.24, 2.45) is 5.73 Å². The molecule has 1 aromatic carbocycles. The summed E-state index contributed by atoms with van der Waals surface area (Å²) in [7, 11) is -1.24. The number of hydrogen-bond acceptors (Lipinski definition) is 4. The van der Waals surface area contributed by atoms with Gasteiger partial charge in [0.25, 0.3) is 0 Å². The van der Waals surface area contributed by atoms with Gasteiger partial charge in [0.2, 0.25) is 10.0 Å². The molecule has 2 N–H and O–H groups in total. The van der Waals surface area contributed by atoms with Crippen LogP contribution < -0.4 is 5.73 Å². The van der Waals surface area contributed by atoms with Crippen molar-refractivity contribution in [2.45, 2.75) is 12.5 Å². The highest BCUT2D eigenvalue weighted by Gasteiger charge is 2.32. The smallest absolute Gasteiger partial charge is 0.214 e. The number of benzene rings is 1. The van der Waals surface area contributed by atoms with E-state index < -0.39 is 10.0 Å². The normalized spacial score (nSPS) is 22.0. The van der Waals surface area contributed by atoms with Crippen molar-refractivity contribution in [2.75, 3.05) is 39.0 Å². The number of rotatable bonds is 5. The summed E-state index contributed by atoms with van der Waals surface area (Å²) >= 11 is 0. The molecule has 1 heterocycles. The molecule has 1 aromatic rings. The summed E-state index contributed by atoms with van der Waals surface area (Å²) in [5, 5.41) is 0. The van der Waals surface area contributed by atoms with Crippen LogP contribution in [0, 0.1) is 0 Å². The largest absolute Gasteiger partial charge is 0.329 e. The Morgan fingerprint density at radius 1 is 1.25 bits per heavy atom. The average molecular weight is 297 g/mol. The predicted octanol–water partition coefficient (Wildman–Crippen LogP) is 0.134. The highest BCUT2D eigenvalue weighted by molar-refractivity contribution is 7.89. The third kappa shape index (κ3) is 3.79. The Kier molecular flexibility index (Phi) is 5.15. The van der Waals surface area contributed by atoms with Crippen LogP contribution in [0.1, 0.15) is 5.56 Å².